The van der Waals surface area contributed by atoms with Crippen LogP contribution in [0, 0.1) is 45.1 Å². The third kappa shape index (κ3) is 3.86. The standard InChI is InChI=1S/C27H21F3O2/c1-14-9-15(2)24(16(3)10-14)18-5-7-19(8-6-18)27(31)32-21-11-20-12-22(28)17(4)26(30)25(20)23(29)13-21/h5-13H,1-4H3. The first kappa shape index (κ1) is 21.6. The van der Waals surface area contributed by atoms with Gasteiger partial charge in [0.05, 0.1) is 10.9 Å². The van der Waals surface area contributed by atoms with Crippen LogP contribution in [0.1, 0.15) is 32.6 Å². The van der Waals surface area contributed by atoms with Gasteiger partial charge in [0.15, 0.2) is 0 Å². The molecule has 5 heteroatoms. The van der Waals surface area contributed by atoms with Crippen molar-refractivity contribution in [3.63, 3.8) is 0 Å². The SMILES string of the molecule is Cc1cc(C)c(-c2ccc(C(=O)Oc3cc(F)c4c(F)c(C)c(F)cc4c3)cc2)c(C)c1. The van der Waals surface area contributed by atoms with Crippen LogP contribution in [0.25, 0.3) is 21.9 Å². The van der Waals surface area contributed by atoms with Gasteiger partial charge in [-0.15, -0.1) is 0 Å². The van der Waals surface area contributed by atoms with E-state index in [9.17, 15) is 18.0 Å². The van der Waals surface area contributed by atoms with Crippen molar-refractivity contribution < 1.29 is 22.7 Å². The van der Waals surface area contributed by atoms with Crippen molar-refractivity contribution in [2.24, 2.45) is 0 Å². The number of carbonyl (C=O) groups excluding carboxylic acids is 1. The monoisotopic (exact) mass is 434 g/mol. The van der Waals surface area contributed by atoms with Gasteiger partial charge in [0, 0.05) is 11.6 Å². The zero-order valence-electron chi connectivity index (χ0n) is 18.1. The molecular formula is C27H21F3O2. The van der Waals surface area contributed by atoms with E-state index in [1.165, 1.54) is 18.6 Å². The second kappa shape index (κ2) is 8.15. The molecule has 4 aromatic carbocycles. The number of hydrogen-bond donors (Lipinski definition) is 0. The van der Waals surface area contributed by atoms with Crippen LogP contribution < -0.4 is 4.74 Å². The number of rotatable bonds is 3. The number of benzene rings is 4. The normalized spacial score (nSPS) is 11.1. The van der Waals surface area contributed by atoms with Gasteiger partial charge in [-0.2, -0.15) is 0 Å². The fourth-order valence-corrected chi connectivity index (χ4v) is 4.12. The molecule has 4 aromatic rings. The molecule has 0 bridgehead atoms. The third-order valence-electron chi connectivity index (χ3n) is 5.58. The van der Waals surface area contributed by atoms with Gasteiger partial charge in [-0.05, 0) is 79.6 Å². The predicted octanol–water partition coefficient (Wildman–Crippen LogP) is 7.38. The lowest BCUT2D eigenvalue weighted by molar-refractivity contribution is 0.0734. The summed E-state index contributed by atoms with van der Waals surface area (Å²) < 4.78 is 47.9. The minimum Gasteiger partial charge on any atom is -0.423 e. The number of esters is 1. The van der Waals surface area contributed by atoms with Crippen molar-refractivity contribution in [2.75, 3.05) is 0 Å². The molecule has 0 aromatic heterocycles. The number of carbonyl (C=O) groups is 1. The Bertz CT molecular complexity index is 1350. The molecule has 0 saturated carbocycles. The van der Waals surface area contributed by atoms with E-state index in [0.29, 0.717) is 0 Å². The van der Waals surface area contributed by atoms with Gasteiger partial charge in [0.25, 0.3) is 0 Å². The molecule has 0 saturated heterocycles. The molecule has 0 fully saturated rings. The molecule has 4 rings (SSSR count). The molecule has 2 nitrogen and oxygen atoms in total. The number of ether oxygens (including phenoxy) is 1. The van der Waals surface area contributed by atoms with Gasteiger partial charge in [0.1, 0.15) is 23.2 Å². The van der Waals surface area contributed by atoms with E-state index in [1.807, 2.05) is 32.9 Å². The maximum atomic E-state index is 14.5. The van der Waals surface area contributed by atoms with Crippen molar-refractivity contribution in [2.45, 2.75) is 27.7 Å². The smallest absolute Gasteiger partial charge is 0.343 e. The van der Waals surface area contributed by atoms with Gasteiger partial charge in [-0.25, -0.2) is 18.0 Å². The number of aryl methyl sites for hydroxylation is 3. The van der Waals surface area contributed by atoms with E-state index in [0.717, 1.165) is 34.4 Å². The lowest BCUT2D eigenvalue weighted by Gasteiger charge is -2.12. The number of hydrogen-bond acceptors (Lipinski definition) is 2. The summed E-state index contributed by atoms with van der Waals surface area (Å²) in [5.41, 5.74) is 5.54. The highest BCUT2D eigenvalue weighted by Crippen LogP contribution is 2.31. The van der Waals surface area contributed by atoms with Crippen LogP contribution in [0.5, 0.6) is 5.75 Å². The summed E-state index contributed by atoms with van der Waals surface area (Å²) in [6, 6.07) is 14.3. The first-order valence-electron chi connectivity index (χ1n) is 10.1. The fourth-order valence-electron chi connectivity index (χ4n) is 4.12. The highest BCUT2D eigenvalue weighted by Gasteiger charge is 2.17. The highest BCUT2D eigenvalue weighted by molar-refractivity contribution is 5.93. The van der Waals surface area contributed by atoms with Crippen molar-refractivity contribution in [3.05, 3.63) is 99.9 Å². The van der Waals surface area contributed by atoms with E-state index in [4.69, 9.17) is 4.74 Å². The average Bonchev–Trinajstić information content (AvgIpc) is 2.71. The Morgan fingerprint density at radius 1 is 0.781 bits per heavy atom. The highest BCUT2D eigenvalue weighted by atomic mass is 19.1. The summed E-state index contributed by atoms with van der Waals surface area (Å²) in [6.45, 7) is 7.36. The van der Waals surface area contributed by atoms with E-state index in [2.05, 4.69) is 12.1 Å². The van der Waals surface area contributed by atoms with Crippen LogP contribution in [0.2, 0.25) is 0 Å². The molecule has 0 unspecified atom stereocenters. The molecular weight excluding hydrogens is 413 g/mol. The molecule has 0 radical (unpaired) electrons. The first-order chi connectivity index (χ1) is 15.2. The predicted molar refractivity (Wildman–Crippen MR) is 120 cm³/mol. The summed E-state index contributed by atoms with van der Waals surface area (Å²) in [5.74, 6) is -3.51. The molecule has 0 aliphatic carbocycles. The number of fused-ring (bicyclic) bond motifs is 1. The zero-order valence-corrected chi connectivity index (χ0v) is 18.1. The van der Waals surface area contributed by atoms with Crippen LogP contribution in [0.4, 0.5) is 13.2 Å². The van der Waals surface area contributed by atoms with Gasteiger partial charge in [-0.1, -0.05) is 29.8 Å². The second-order valence-electron chi connectivity index (χ2n) is 8.04. The van der Waals surface area contributed by atoms with Gasteiger partial charge >= 0.3 is 5.97 Å². The van der Waals surface area contributed by atoms with Gasteiger partial charge in [-0.3, -0.25) is 0 Å². The molecule has 0 N–H and O–H groups in total. The van der Waals surface area contributed by atoms with Gasteiger partial charge < -0.3 is 4.74 Å². The third-order valence-corrected chi connectivity index (χ3v) is 5.58. The molecule has 0 amide bonds. The summed E-state index contributed by atoms with van der Waals surface area (Å²) in [7, 11) is 0. The Balaban J connectivity index is 1.62. The van der Waals surface area contributed by atoms with E-state index >= 15 is 0 Å². The van der Waals surface area contributed by atoms with Crippen LogP contribution in [-0.2, 0) is 0 Å². The summed E-state index contributed by atoms with van der Waals surface area (Å²) >= 11 is 0. The first-order valence-corrected chi connectivity index (χ1v) is 10.1. The molecule has 0 atom stereocenters. The Hall–Kier alpha value is -3.60. The van der Waals surface area contributed by atoms with Crippen molar-refractivity contribution in [3.8, 4) is 16.9 Å². The molecule has 0 spiro atoms. The average molecular weight is 434 g/mol. The minimum absolute atomic E-state index is 0.0194. The summed E-state index contributed by atoms with van der Waals surface area (Å²) in [5, 5.41) is -0.356. The minimum atomic E-state index is -0.965. The van der Waals surface area contributed by atoms with E-state index in [-0.39, 0.29) is 27.6 Å². The van der Waals surface area contributed by atoms with E-state index < -0.39 is 23.4 Å². The van der Waals surface area contributed by atoms with Crippen molar-refractivity contribution >= 4 is 16.7 Å². The van der Waals surface area contributed by atoms with Crippen molar-refractivity contribution in [1.82, 2.24) is 0 Å². The quantitative estimate of drug-likeness (QED) is 0.248. The molecule has 0 heterocycles. The van der Waals surface area contributed by atoms with Crippen LogP contribution in [0.15, 0.2) is 54.6 Å². The maximum absolute atomic E-state index is 14.5. The second-order valence-corrected chi connectivity index (χ2v) is 8.04. The Morgan fingerprint density at radius 3 is 2.03 bits per heavy atom. The maximum Gasteiger partial charge on any atom is 0.343 e. The van der Waals surface area contributed by atoms with E-state index in [1.54, 1.807) is 12.1 Å². The topological polar surface area (TPSA) is 26.3 Å². The fraction of sp³-hybridized carbons (Fsp3) is 0.148. The summed E-state index contributed by atoms with van der Waals surface area (Å²) in [6.07, 6.45) is 0. The van der Waals surface area contributed by atoms with Crippen molar-refractivity contribution in [1.29, 1.82) is 0 Å². The van der Waals surface area contributed by atoms with Gasteiger partial charge in [0.2, 0.25) is 0 Å². The largest absolute Gasteiger partial charge is 0.423 e. The van der Waals surface area contributed by atoms with Crippen LogP contribution in [0.3, 0.4) is 0 Å². The Morgan fingerprint density at radius 2 is 1.41 bits per heavy atom. The molecule has 162 valence electrons. The Labute approximate surface area is 184 Å². The van der Waals surface area contributed by atoms with Crippen LogP contribution >= 0.6 is 0 Å². The zero-order chi connectivity index (χ0) is 23.2. The summed E-state index contributed by atoms with van der Waals surface area (Å²) in [4.78, 5) is 12.6. The lowest BCUT2D eigenvalue weighted by Crippen LogP contribution is -2.09. The Kier molecular flexibility index (Phi) is 5.51. The molecule has 32 heavy (non-hydrogen) atoms. The molecule has 0 aliphatic heterocycles. The van der Waals surface area contributed by atoms with Crippen LogP contribution in [-0.4, -0.2) is 5.97 Å². The molecule has 0 aliphatic rings. The lowest BCUT2D eigenvalue weighted by atomic mass is 9.93. The number of halogens is 3.